The highest BCUT2D eigenvalue weighted by Crippen LogP contribution is 2.20. The summed E-state index contributed by atoms with van der Waals surface area (Å²) in [5.41, 5.74) is 2.80. The van der Waals surface area contributed by atoms with Crippen LogP contribution in [0.25, 0.3) is 0 Å². The van der Waals surface area contributed by atoms with Crippen LogP contribution in [0, 0.1) is 19.7 Å². The number of rotatable bonds is 6. The number of pyridine rings is 1. The van der Waals surface area contributed by atoms with E-state index in [4.69, 9.17) is 27.9 Å². The van der Waals surface area contributed by atoms with E-state index in [9.17, 15) is 14.0 Å². The third kappa shape index (κ3) is 4.83. The van der Waals surface area contributed by atoms with Crippen molar-refractivity contribution in [1.82, 2.24) is 9.55 Å². The Morgan fingerprint density at radius 2 is 1.79 bits per heavy atom. The number of carbonyl (C=O) groups is 2. The second-order valence-corrected chi connectivity index (χ2v) is 7.26. The monoisotopic (exact) mass is 434 g/mol. The maximum Gasteiger partial charge on any atom is 0.359 e. The van der Waals surface area contributed by atoms with Gasteiger partial charge in [-0.1, -0.05) is 35.3 Å². The molecule has 2 aromatic heterocycles. The van der Waals surface area contributed by atoms with Crippen LogP contribution in [0.15, 0.2) is 42.5 Å². The molecule has 0 fully saturated rings. The Kier molecular flexibility index (Phi) is 6.35. The number of benzene rings is 1. The summed E-state index contributed by atoms with van der Waals surface area (Å²) in [6, 6.07) is 10.8. The second kappa shape index (κ2) is 8.76. The zero-order valence-electron chi connectivity index (χ0n) is 15.7. The molecule has 0 amide bonds. The van der Waals surface area contributed by atoms with E-state index in [1.165, 1.54) is 24.3 Å². The molecule has 0 N–H and O–H groups in total. The van der Waals surface area contributed by atoms with Crippen molar-refractivity contribution in [1.29, 1.82) is 0 Å². The van der Waals surface area contributed by atoms with Crippen molar-refractivity contribution in [3.05, 3.63) is 86.7 Å². The van der Waals surface area contributed by atoms with Gasteiger partial charge in [0.2, 0.25) is 5.78 Å². The molecule has 3 rings (SSSR count). The first kappa shape index (κ1) is 21.0. The molecule has 0 saturated heterocycles. The molecule has 0 bridgehead atoms. The molecule has 150 valence electrons. The lowest BCUT2D eigenvalue weighted by Gasteiger charge is -2.10. The minimum Gasteiger partial charge on any atom is -0.453 e. The van der Waals surface area contributed by atoms with Crippen LogP contribution in [0.3, 0.4) is 0 Å². The number of ketones is 1. The molecule has 1 aromatic carbocycles. The summed E-state index contributed by atoms with van der Waals surface area (Å²) in [4.78, 5) is 28.6. The van der Waals surface area contributed by atoms with Crippen LogP contribution in [0.1, 0.15) is 37.8 Å². The van der Waals surface area contributed by atoms with Crippen molar-refractivity contribution >= 4 is 35.0 Å². The molecule has 29 heavy (non-hydrogen) atoms. The molecule has 0 radical (unpaired) electrons. The molecule has 0 saturated carbocycles. The minimum absolute atomic E-state index is 0.0873. The Hall–Kier alpha value is -2.70. The van der Waals surface area contributed by atoms with Crippen LogP contribution < -0.4 is 0 Å². The molecule has 5 nitrogen and oxygen atoms in total. The van der Waals surface area contributed by atoms with Gasteiger partial charge < -0.3 is 9.30 Å². The fourth-order valence-corrected chi connectivity index (χ4v) is 3.27. The summed E-state index contributed by atoms with van der Waals surface area (Å²) in [5.74, 6) is -1.48. The van der Waals surface area contributed by atoms with Crippen molar-refractivity contribution in [2.45, 2.75) is 20.4 Å². The van der Waals surface area contributed by atoms with E-state index >= 15 is 0 Å². The fourth-order valence-electron chi connectivity index (χ4n) is 2.94. The first-order valence-corrected chi connectivity index (χ1v) is 9.45. The van der Waals surface area contributed by atoms with Gasteiger partial charge in [0.15, 0.2) is 12.3 Å². The van der Waals surface area contributed by atoms with Gasteiger partial charge in [0.1, 0.15) is 11.0 Å². The second-order valence-electron chi connectivity index (χ2n) is 6.46. The molecular formula is C21H17Cl2FN2O3. The molecular weight excluding hydrogens is 418 g/mol. The van der Waals surface area contributed by atoms with Gasteiger partial charge in [-0.25, -0.2) is 14.2 Å². The van der Waals surface area contributed by atoms with Gasteiger partial charge in [-0.05, 0) is 49.7 Å². The Morgan fingerprint density at radius 3 is 2.48 bits per heavy atom. The van der Waals surface area contributed by atoms with Gasteiger partial charge in [-0.15, -0.1) is 0 Å². The lowest BCUT2D eigenvalue weighted by Crippen LogP contribution is -2.16. The number of halogens is 3. The highest BCUT2D eigenvalue weighted by molar-refractivity contribution is 6.34. The van der Waals surface area contributed by atoms with E-state index in [0.29, 0.717) is 12.1 Å². The van der Waals surface area contributed by atoms with E-state index in [0.717, 1.165) is 17.0 Å². The van der Waals surface area contributed by atoms with Gasteiger partial charge in [0, 0.05) is 23.5 Å². The SMILES string of the molecule is Cc1cc(C(=O)COC(=O)c2nc(Cl)ccc2Cl)c(C)n1Cc1ccc(F)cc1. The number of esters is 1. The summed E-state index contributed by atoms with van der Waals surface area (Å²) < 4.78 is 20.1. The molecule has 0 aliphatic carbocycles. The molecule has 2 heterocycles. The number of hydrogen-bond acceptors (Lipinski definition) is 4. The average molecular weight is 435 g/mol. The van der Waals surface area contributed by atoms with E-state index in [1.807, 2.05) is 11.5 Å². The van der Waals surface area contributed by atoms with Crippen molar-refractivity contribution in [3.63, 3.8) is 0 Å². The Morgan fingerprint density at radius 1 is 1.10 bits per heavy atom. The lowest BCUT2D eigenvalue weighted by atomic mass is 10.1. The average Bonchev–Trinajstić information content (AvgIpc) is 2.97. The lowest BCUT2D eigenvalue weighted by molar-refractivity contribution is 0.0469. The zero-order chi connectivity index (χ0) is 21.1. The maximum absolute atomic E-state index is 13.1. The van der Waals surface area contributed by atoms with Crippen molar-refractivity contribution < 1.29 is 18.7 Å². The van der Waals surface area contributed by atoms with Gasteiger partial charge in [0.25, 0.3) is 0 Å². The maximum atomic E-state index is 13.1. The van der Waals surface area contributed by atoms with E-state index in [2.05, 4.69) is 4.98 Å². The van der Waals surface area contributed by atoms with Crippen LogP contribution in [-0.2, 0) is 11.3 Å². The Labute approximate surface area is 177 Å². The van der Waals surface area contributed by atoms with Crippen molar-refractivity contribution in [3.8, 4) is 0 Å². The van der Waals surface area contributed by atoms with Gasteiger partial charge in [-0.2, -0.15) is 0 Å². The van der Waals surface area contributed by atoms with Crippen LogP contribution in [0.4, 0.5) is 4.39 Å². The molecule has 3 aromatic rings. The Balaban J connectivity index is 1.72. The quantitative estimate of drug-likeness (QED) is 0.310. The third-order valence-corrected chi connectivity index (χ3v) is 4.98. The Bertz CT molecular complexity index is 1080. The van der Waals surface area contributed by atoms with E-state index < -0.39 is 12.6 Å². The fraction of sp³-hybridized carbons (Fsp3) is 0.190. The third-order valence-electron chi connectivity index (χ3n) is 4.47. The summed E-state index contributed by atoms with van der Waals surface area (Å²) in [6.45, 7) is 3.72. The number of ether oxygens (including phenoxy) is 1. The highest BCUT2D eigenvalue weighted by Gasteiger charge is 2.20. The molecule has 8 heteroatoms. The molecule has 0 aliphatic rings. The van der Waals surface area contributed by atoms with Gasteiger partial charge in [0.05, 0.1) is 5.02 Å². The number of hydrogen-bond donors (Lipinski definition) is 0. The number of carbonyl (C=O) groups excluding carboxylic acids is 2. The molecule has 0 aliphatic heterocycles. The number of nitrogens with zero attached hydrogens (tertiary/aromatic N) is 2. The van der Waals surface area contributed by atoms with Crippen molar-refractivity contribution in [2.24, 2.45) is 0 Å². The zero-order valence-corrected chi connectivity index (χ0v) is 17.2. The number of aryl methyl sites for hydroxylation is 1. The molecule has 0 atom stereocenters. The van der Waals surface area contributed by atoms with Gasteiger partial charge >= 0.3 is 5.97 Å². The summed E-state index contributed by atoms with van der Waals surface area (Å²) in [5, 5.41) is 0.182. The number of aromatic nitrogens is 2. The van der Waals surface area contributed by atoms with E-state index in [-0.39, 0.29) is 27.5 Å². The van der Waals surface area contributed by atoms with Crippen LogP contribution in [-0.4, -0.2) is 27.9 Å². The standard InChI is InChI=1S/C21H17Cl2FN2O3/c1-12-9-16(13(2)26(12)10-14-3-5-15(24)6-4-14)18(27)11-29-21(28)20-17(22)7-8-19(23)25-20/h3-9H,10-11H2,1-2H3. The first-order valence-electron chi connectivity index (χ1n) is 8.70. The normalized spacial score (nSPS) is 10.8. The summed E-state index contributed by atoms with van der Waals surface area (Å²) in [7, 11) is 0. The highest BCUT2D eigenvalue weighted by atomic mass is 35.5. The predicted octanol–water partition coefficient (Wildman–Crippen LogP) is 5.03. The first-order chi connectivity index (χ1) is 13.8. The van der Waals surface area contributed by atoms with Crippen LogP contribution in [0.2, 0.25) is 10.2 Å². The topological polar surface area (TPSA) is 61.2 Å². The van der Waals surface area contributed by atoms with Gasteiger partial charge in [-0.3, -0.25) is 4.79 Å². The van der Waals surface area contributed by atoms with Crippen LogP contribution >= 0.6 is 23.2 Å². The smallest absolute Gasteiger partial charge is 0.359 e. The largest absolute Gasteiger partial charge is 0.453 e. The summed E-state index contributed by atoms with van der Waals surface area (Å²) in [6.07, 6.45) is 0. The van der Waals surface area contributed by atoms with E-state index in [1.54, 1.807) is 25.1 Å². The molecule has 0 spiro atoms. The predicted molar refractivity (Wildman–Crippen MR) is 108 cm³/mol. The minimum atomic E-state index is -0.828. The molecule has 0 unspecified atom stereocenters. The summed E-state index contributed by atoms with van der Waals surface area (Å²) >= 11 is 11.7. The van der Waals surface area contributed by atoms with Crippen molar-refractivity contribution in [2.75, 3.05) is 6.61 Å². The van der Waals surface area contributed by atoms with Crippen LogP contribution in [0.5, 0.6) is 0 Å². The number of Topliss-reactive ketones (excluding diaryl/α,β-unsaturated/α-hetero) is 1.